The summed E-state index contributed by atoms with van der Waals surface area (Å²) in [6.45, 7) is 3.62. The van der Waals surface area contributed by atoms with Gasteiger partial charge in [-0.2, -0.15) is 0 Å². The topological polar surface area (TPSA) is 37.3 Å². The maximum absolute atomic E-state index is 10.0. The van der Waals surface area contributed by atoms with E-state index in [1.807, 2.05) is 13.0 Å². The Hall–Kier alpha value is -1.31. The molecular formula is C11H16O2. The highest BCUT2D eigenvalue weighted by atomic mass is 16.3. The van der Waals surface area contributed by atoms with Gasteiger partial charge in [0.1, 0.15) is 11.5 Å². The van der Waals surface area contributed by atoms with Gasteiger partial charge in [-0.05, 0) is 25.5 Å². The van der Waals surface area contributed by atoms with E-state index in [-0.39, 0.29) is 5.78 Å². The predicted molar refractivity (Wildman–Crippen MR) is 53.7 cm³/mol. The molecule has 0 unspecified atom stereocenters. The minimum absolute atomic E-state index is 0.289. The fraction of sp³-hybridized carbons (Fsp3) is 0.364. The van der Waals surface area contributed by atoms with E-state index in [9.17, 15) is 4.79 Å². The SMILES string of the molecule is CCCC(C)=O.Oc1ccccc1. The zero-order chi connectivity index (χ0) is 10.1. The number of ketones is 1. The van der Waals surface area contributed by atoms with E-state index < -0.39 is 0 Å². The van der Waals surface area contributed by atoms with Gasteiger partial charge in [0.15, 0.2) is 0 Å². The summed E-state index contributed by atoms with van der Waals surface area (Å²) in [7, 11) is 0. The van der Waals surface area contributed by atoms with Gasteiger partial charge in [0.25, 0.3) is 0 Å². The molecule has 0 fully saturated rings. The van der Waals surface area contributed by atoms with Crippen molar-refractivity contribution in [2.75, 3.05) is 0 Å². The number of para-hydroxylation sites is 1. The van der Waals surface area contributed by atoms with Gasteiger partial charge >= 0.3 is 0 Å². The first kappa shape index (κ1) is 11.7. The summed E-state index contributed by atoms with van der Waals surface area (Å²) in [6, 6.07) is 8.71. The molecule has 0 atom stereocenters. The van der Waals surface area contributed by atoms with Crippen LogP contribution >= 0.6 is 0 Å². The zero-order valence-electron chi connectivity index (χ0n) is 8.16. The fourth-order valence-electron chi connectivity index (χ4n) is 0.780. The van der Waals surface area contributed by atoms with E-state index in [0.717, 1.165) is 12.8 Å². The van der Waals surface area contributed by atoms with Gasteiger partial charge in [-0.1, -0.05) is 25.1 Å². The summed E-state index contributed by atoms with van der Waals surface area (Å²) >= 11 is 0. The van der Waals surface area contributed by atoms with Crippen LogP contribution in [0.3, 0.4) is 0 Å². The summed E-state index contributed by atoms with van der Waals surface area (Å²) in [5.74, 6) is 0.611. The van der Waals surface area contributed by atoms with Gasteiger partial charge in [-0.15, -0.1) is 0 Å². The van der Waals surface area contributed by atoms with Crippen LogP contribution in [0.4, 0.5) is 0 Å². The van der Waals surface area contributed by atoms with Crippen molar-refractivity contribution in [1.82, 2.24) is 0 Å². The smallest absolute Gasteiger partial charge is 0.129 e. The highest BCUT2D eigenvalue weighted by molar-refractivity contribution is 5.75. The average molecular weight is 180 g/mol. The number of hydrogen-bond acceptors (Lipinski definition) is 2. The van der Waals surface area contributed by atoms with Crippen molar-refractivity contribution < 1.29 is 9.90 Å². The Kier molecular flexibility index (Phi) is 6.60. The van der Waals surface area contributed by atoms with Crippen LogP contribution < -0.4 is 0 Å². The molecule has 0 saturated carbocycles. The molecular weight excluding hydrogens is 164 g/mol. The molecule has 0 spiro atoms. The molecule has 0 radical (unpaired) electrons. The number of Topliss-reactive ketones (excluding diaryl/α,β-unsaturated/α-hetero) is 1. The minimum atomic E-state index is 0.289. The molecule has 1 N–H and O–H groups in total. The number of aromatic hydroxyl groups is 1. The first-order valence-corrected chi connectivity index (χ1v) is 4.40. The summed E-state index contributed by atoms with van der Waals surface area (Å²) in [4.78, 5) is 10.0. The van der Waals surface area contributed by atoms with Gasteiger partial charge in [0.05, 0.1) is 0 Å². The predicted octanol–water partition coefficient (Wildman–Crippen LogP) is 2.77. The molecule has 0 aliphatic rings. The third-order valence-corrected chi connectivity index (χ3v) is 1.36. The largest absolute Gasteiger partial charge is 0.508 e. The quantitative estimate of drug-likeness (QED) is 0.759. The lowest BCUT2D eigenvalue weighted by Crippen LogP contribution is -1.84. The second-order valence-electron chi connectivity index (χ2n) is 2.79. The summed E-state index contributed by atoms with van der Waals surface area (Å²) in [5.41, 5.74) is 0. The van der Waals surface area contributed by atoms with Crippen molar-refractivity contribution >= 4 is 5.78 Å². The number of phenols is 1. The lowest BCUT2D eigenvalue weighted by molar-refractivity contribution is -0.117. The molecule has 0 amide bonds. The Morgan fingerprint density at radius 1 is 1.31 bits per heavy atom. The molecule has 0 aliphatic heterocycles. The Morgan fingerprint density at radius 3 is 2.00 bits per heavy atom. The van der Waals surface area contributed by atoms with E-state index in [1.54, 1.807) is 31.2 Å². The Morgan fingerprint density at radius 2 is 1.85 bits per heavy atom. The Labute approximate surface area is 79.2 Å². The molecule has 1 aromatic rings. The van der Waals surface area contributed by atoms with Crippen molar-refractivity contribution in [3.63, 3.8) is 0 Å². The van der Waals surface area contributed by atoms with Crippen LogP contribution in [0.1, 0.15) is 26.7 Å². The zero-order valence-corrected chi connectivity index (χ0v) is 8.16. The van der Waals surface area contributed by atoms with E-state index in [4.69, 9.17) is 5.11 Å². The van der Waals surface area contributed by atoms with Crippen LogP contribution in [0.15, 0.2) is 30.3 Å². The summed E-state index contributed by atoms with van der Waals surface area (Å²) < 4.78 is 0. The molecule has 0 bridgehead atoms. The summed E-state index contributed by atoms with van der Waals surface area (Å²) in [6.07, 6.45) is 1.72. The normalized spacial score (nSPS) is 8.46. The van der Waals surface area contributed by atoms with Crippen molar-refractivity contribution in [2.24, 2.45) is 0 Å². The van der Waals surface area contributed by atoms with Gasteiger partial charge < -0.3 is 9.90 Å². The van der Waals surface area contributed by atoms with E-state index in [1.165, 1.54) is 0 Å². The second-order valence-corrected chi connectivity index (χ2v) is 2.79. The molecule has 72 valence electrons. The molecule has 2 nitrogen and oxygen atoms in total. The molecule has 0 aliphatic carbocycles. The van der Waals surface area contributed by atoms with Crippen LogP contribution in [0.5, 0.6) is 5.75 Å². The van der Waals surface area contributed by atoms with Crippen molar-refractivity contribution in [1.29, 1.82) is 0 Å². The van der Waals surface area contributed by atoms with E-state index >= 15 is 0 Å². The standard InChI is InChI=1S/C6H6O.C5H10O/c7-6-4-2-1-3-5-6;1-3-4-5(2)6/h1-5,7H;3-4H2,1-2H3. The molecule has 0 aromatic heterocycles. The van der Waals surface area contributed by atoms with Crippen molar-refractivity contribution in [3.05, 3.63) is 30.3 Å². The lowest BCUT2D eigenvalue weighted by atomic mass is 10.3. The van der Waals surface area contributed by atoms with Crippen LogP contribution in [0, 0.1) is 0 Å². The first-order chi connectivity index (χ1) is 6.16. The maximum atomic E-state index is 10.0. The summed E-state index contributed by atoms with van der Waals surface area (Å²) in [5, 5.41) is 8.63. The molecule has 0 saturated heterocycles. The van der Waals surface area contributed by atoms with E-state index in [2.05, 4.69) is 0 Å². The Balaban J connectivity index is 0.000000226. The monoisotopic (exact) mass is 180 g/mol. The minimum Gasteiger partial charge on any atom is -0.508 e. The van der Waals surface area contributed by atoms with Crippen LogP contribution in [0.25, 0.3) is 0 Å². The number of carbonyl (C=O) groups is 1. The number of hydrogen-bond donors (Lipinski definition) is 1. The average Bonchev–Trinajstić information content (AvgIpc) is 2.06. The van der Waals surface area contributed by atoms with Crippen LogP contribution in [0.2, 0.25) is 0 Å². The Bertz CT molecular complexity index is 229. The second kappa shape index (κ2) is 7.35. The first-order valence-electron chi connectivity index (χ1n) is 4.40. The molecule has 1 rings (SSSR count). The highest BCUT2D eigenvalue weighted by Crippen LogP contribution is 2.02. The number of phenolic OH excluding ortho intramolecular Hbond substituents is 1. The van der Waals surface area contributed by atoms with Gasteiger partial charge in [-0.3, -0.25) is 0 Å². The fourth-order valence-corrected chi connectivity index (χ4v) is 0.780. The third-order valence-electron chi connectivity index (χ3n) is 1.36. The van der Waals surface area contributed by atoms with Crippen molar-refractivity contribution in [3.8, 4) is 5.75 Å². The molecule has 0 heterocycles. The molecule has 13 heavy (non-hydrogen) atoms. The van der Waals surface area contributed by atoms with E-state index in [0.29, 0.717) is 5.75 Å². The third kappa shape index (κ3) is 8.60. The number of carbonyl (C=O) groups excluding carboxylic acids is 1. The van der Waals surface area contributed by atoms with Crippen molar-refractivity contribution in [2.45, 2.75) is 26.7 Å². The molecule has 1 aromatic carbocycles. The number of benzene rings is 1. The van der Waals surface area contributed by atoms with Gasteiger partial charge in [0, 0.05) is 6.42 Å². The highest BCUT2D eigenvalue weighted by Gasteiger charge is 1.83. The van der Waals surface area contributed by atoms with Gasteiger partial charge in [0.2, 0.25) is 0 Å². The maximum Gasteiger partial charge on any atom is 0.129 e. The number of rotatable bonds is 2. The lowest BCUT2D eigenvalue weighted by Gasteiger charge is -1.82. The molecule has 2 heteroatoms. The van der Waals surface area contributed by atoms with Gasteiger partial charge in [-0.25, -0.2) is 0 Å². The van der Waals surface area contributed by atoms with Crippen LogP contribution in [-0.4, -0.2) is 10.9 Å². The van der Waals surface area contributed by atoms with Crippen LogP contribution in [-0.2, 0) is 4.79 Å².